The van der Waals surface area contributed by atoms with Gasteiger partial charge in [-0.2, -0.15) is 0 Å². The van der Waals surface area contributed by atoms with E-state index in [1.807, 2.05) is 0 Å². The zero-order valence-electron chi connectivity index (χ0n) is 15.6. The summed E-state index contributed by atoms with van der Waals surface area (Å²) in [4.78, 5) is 28.0. The standard InChI is InChI=1S/C21H20FN3O3/c1-14(26)15-7-9-16(10-8-15)28-13-19(27)24-20(21-23-11-12-25(21)2)17-5-3-4-6-18(17)22/h3-12,20H,13H2,1-2H3,(H,24,27). The molecule has 0 radical (unpaired) electrons. The molecular weight excluding hydrogens is 361 g/mol. The lowest BCUT2D eigenvalue weighted by atomic mass is 10.1. The molecule has 1 unspecified atom stereocenters. The van der Waals surface area contributed by atoms with E-state index >= 15 is 0 Å². The van der Waals surface area contributed by atoms with Crippen LogP contribution < -0.4 is 10.1 Å². The maximum atomic E-state index is 14.3. The molecule has 1 atom stereocenters. The number of amides is 1. The molecule has 0 bridgehead atoms. The number of nitrogens with one attached hydrogen (secondary N) is 1. The van der Waals surface area contributed by atoms with Crippen LogP contribution in [-0.2, 0) is 11.8 Å². The average Bonchev–Trinajstić information content (AvgIpc) is 3.11. The molecule has 0 aliphatic rings. The fourth-order valence-electron chi connectivity index (χ4n) is 2.78. The van der Waals surface area contributed by atoms with E-state index in [0.717, 1.165) is 0 Å². The van der Waals surface area contributed by atoms with Crippen molar-refractivity contribution in [1.29, 1.82) is 0 Å². The summed E-state index contributed by atoms with van der Waals surface area (Å²) in [6, 6.07) is 12.0. The first-order valence-corrected chi connectivity index (χ1v) is 8.70. The number of aryl methyl sites for hydroxylation is 1. The van der Waals surface area contributed by atoms with Crippen LogP contribution in [0.1, 0.15) is 34.7 Å². The highest BCUT2D eigenvalue weighted by molar-refractivity contribution is 5.94. The molecular formula is C21H20FN3O3. The van der Waals surface area contributed by atoms with E-state index in [2.05, 4.69) is 10.3 Å². The number of imidazole rings is 1. The number of hydrogen-bond donors (Lipinski definition) is 1. The molecule has 0 fully saturated rings. The fraction of sp³-hybridized carbons (Fsp3) is 0.190. The molecule has 0 aliphatic carbocycles. The molecule has 7 heteroatoms. The number of halogens is 1. The van der Waals surface area contributed by atoms with Gasteiger partial charge in [0.15, 0.2) is 12.4 Å². The van der Waals surface area contributed by atoms with Crippen molar-refractivity contribution in [2.24, 2.45) is 7.05 Å². The number of hydrogen-bond acceptors (Lipinski definition) is 4. The van der Waals surface area contributed by atoms with E-state index < -0.39 is 17.8 Å². The van der Waals surface area contributed by atoms with Crippen molar-refractivity contribution in [1.82, 2.24) is 14.9 Å². The molecule has 1 aromatic heterocycles. The van der Waals surface area contributed by atoms with Crippen LogP contribution in [0.3, 0.4) is 0 Å². The highest BCUT2D eigenvalue weighted by Gasteiger charge is 2.23. The molecule has 1 amide bonds. The van der Waals surface area contributed by atoms with Crippen molar-refractivity contribution in [3.8, 4) is 5.75 Å². The van der Waals surface area contributed by atoms with Crippen molar-refractivity contribution in [2.75, 3.05) is 6.61 Å². The topological polar surface area (TPSA) is 73.2 Å². The molecule has 3 aromatic rings. The van der Waals surface area contributed by atoms with Gasteiger partial charge in [-0.05, 0) is 37.3 Å². The highest BCUT2D eigenvalue weighted by atomic mass is 19.1. The summed E-state index contributed by atoms with van der Waals surface area (Å²) < 4.78 is 21.5. The Hall–Kier alpha value is -3.48. The van der Waals surface area contributed by atoms with Gasteiger partial charge in [0.2, 0.25) is 0 Å². The second kappa shape index (κ2) is 8.47. The summed E-state index contributed by atoms with van der Waals surface area (Å²) in [7, 11) is 1.77. The third-order valence-corrected chi connectivity index (χ3v) is 4.27. The monoisotopic (exact) mass is 381 g/mol. The maximum Gasteiger partial charge on any atom is 0.258 e. The van der Waals surface area contributed by atoms with Gasteiger partial charge in [-0.3, -0.25) is 9.59 Å². The van der Waals surface area contributed by atoms with Gasteiger partial charge in [0.05, 0.1) is 0 Å². The maximum absolute atomic E-state index is 14.3. The number of carbonyl (C=O) groups is 2. The Kier molecular flexibility index (Phi) is 5.84. The number of nitrogens with zero attached hydrogens (tertiary/aromatic N) is 2. The van der Waals surface area contributed by atoms with E-state index in [-0.39, 0.29) is 12.4 Å². The smallest absolute Gasteiger partial charge is 0.258 e. The van der Waals surface area contributed by atoms with Gasteiger partial charge >= 0.3 is 0 Å². The number of carbonyl (C=O) groups excluding carboxylic acids is 2. The lowest BCUT2D eigenvalue weighted by Crippen LogP contribution is -2.35. The number of ketones is 1. The zero-order valence-corrected chi connectivity index (χ0v) is 15.6. The predicted molar refractivity (Wildman–Crippen MR) is 102 cm³/mol. The van der Waals surface area contributed by atoms with E-state index in [1.165, 1.54) is 13.0 Å². The summed E-state index contributed by atoms with van der Waals surface area (Å²) in [6.07, 6.45) is 3.31. The van der Waals surface area contributed by atoms with Crippen LogP contribution >= 0.6 is 0 Å². The van der Waals surface area contributed by atoms with Crippen molar-refractivity contribution in [3.05, 3.63) is 83.7 Å². The van der Waals surface area contributed by atoms with E-state index in [9.17, 15) is 14.0 Å². The van der Waals surface area contributed by atoms with E-state index in [4.69, 9.17) is 4.74 Å². The number of rotatable bonds is 7. The first-order valence-electron chi connectivity index (χ1n) is 8.70. The summed E-state index contributed by atoms with van der Waals surface area (Å²) in [5, 5.41) is 2.78. The van der Waals surface area contributed by atoms with Crippen LogP contribution in [0.15, 0.2) is 60.9 Å². The van der Waals surface area contributed by atoms with Gasteiger partial charge in [-0.15, -0.1) is 0 Å². The van der Waals surface area contributed by atoms with Crippen molar-refractivity contribution < 1.29 is 18.7 Å². The molecule has 28 heavy (non-hydrogen) atoms. The lowest BCUT2D eigenvalue weighted by Gasteiger charge is -2.20. The second-order valence-electron chi connectivity index (χ2n) is 6.29. The largest absolute Gasteiger partial charge is 0.484 e. The first kappa shape index (κ1) is 19.3. The second-order valence-corrected chi connectivity index (χ2v) is 6.29. The summed E-state index contributed by atoms with van der Waals surface area (Å²) in [6.45, 7) is 1.22. The molecule has 2 aromatic carbocycles. The third-order valence-electron chi connectivity index (χ3n) is 4.27. The SMILES string of the molecule is CC(=O)c1ccc(OCC(=O)NC(c2ccccc2F)c2nccn2C)cc1. The van der Waals surface area contributed by atoms with E-state index in [1.54, 1.807) is 66.5 Å². The normalized spacial score (nSPS) is 11.7. The minimum Gasteiger partial charge on any atom is -0.484 e. The number of Topliss-reactive ketones (excluding diaryl/α,β-unsaturated/α-hetero) is 1. The minimum atomic E-state index is -0.752. The minimum absolute atomic E-state index is 0.0490. The zero-order chi connectivity index (χ0) is 20.1. The molecule has 0 aliphatic heterocycles. The van der Waals surface area contributed by atoms with Gasteiger partial charge < -0.3 is 14.6 Å². The van der Waals surface area contributed by atoms with Crippen LogP contribution in [0, 0.1) is 5.82 Å². The molecule has 0 saturated carbocycles. The molecule has 144 valence electrons. The summed E-state index contributed by atoms with van der Waals surface area (Å²) in [5.41, 5.74) is 0.877. The van der Waals surface area contributed by atoms with Gasteiger partial charge in [0.1, 0.15) is 23.4 Å². The van der Waals surface area contributed by atoms with Gasteiger partial charge in [-0.1, -0.05) is 18.2 Å². The molecule has 1 heterocycles. The summed E-state index contributed by atoms with van der Waals surface area (Å²) in [5.74, 6) is 0.0550. The first-order chi connectivity index (χ1) is 13.5. The molecule has 6 nitrogen and oxygen atoms in total. The third kappa shape index (κ3) is 4.43. The number of aromatic nitrogens is 2. The van der Waals surface area contributed by atoms with Crippen LogP contribution in [-0.4, -0.2) is 27.8 Å². The Labute approximate surface area is 162 Å². The van der Waals surface area contributed by atoms with Crippen LogP contribution in [0.2, 0.25) is 0 Å². The molecule has 3 rings (SSSR count). The van der Waals surface area contributed by atoms with Gasteiger partial charge in [-0.25, -0.2) is 9.37 Å². The Morgan fingerprint density at radius 1 is 1.18 bits per heavy atom. The Morgan fingerprint density at radius 2 is 1.89 bits per heavy atom. The number of benzene rings is 2. The molecule has 0 saturated heterocycles. The predicted octanol–water partition coefficient (Wildman–Crippen LogP) is 3.05. The van der Waals surface area contributed by atoms with Crippen LogP contribution in [0.25, 0.3) is 0 Å². The Balaban J connectivity index is 1.72. The quantitative estimate of drug-likeness (QED) is 0.639. The Morgan fingerprint density at radius 3 is 2.50 bits per heavy atom. The highest BCUT2D eigenvalue weighted by Crippen LogP contribution is 2.23. The van der Waals surface area contributed by atoms with Gasteiger partial charge in [0.25, 0.3) is 5.91 Å². The van der Waals surface area contributed by atoms with Crippen LogP contribution in [0.5, 0.6) is 5.75 Å². The van der Waals surface area contributed by atoms with Crippen molar-refractivity contribution in [3.63, 3.8) is 0 Å². The van der Waals surface area contributed by atoms with E-state index in [0.29, 0.717) is 22.7 Å². The summed E-state index contributed by atoms with van der Waals surface area (Å²) >= 11 is 0. The van der Waals surface area contributed by atoms with Gasteiger partial charge in [0, 0.05) is 30.6 Å². The average molecular weight is 381 g/mol. The van der Waals surface area contributed by atoms with Crippen molar-refractivity contribution >= 4 is 11.7 Å². The Bertz CT molecular complexity index is 983. The van der Waals surface area contributed by atoms with Crippen LogP contribution in [0.4, 0.5) is 4.39 Å². The molecule has 0 spiro atoms. The molecule has 1 N–H and O–H groups in total. The van der Waals surface area contributed by atoms with Crippen molar-refractivity contribution in [2.45, 2.75) is 13.0 Å². The fourth-order valence-corrected chi connectivity index (χ4v) is 2.78. The number of ether oxygens (including phenoxy) is 1. The lowest BCUT2D eigenvalue weighted by molar-refractivity contribution is -0.123.